The molecule has 21 heavy (non-hydrogen) atoms. The van der Waals surface area contributed by atoms with Crippen LogP contribution in [0.2, 0.25) is 0 Å². The van der Waals surface area contributed by atoms with Crippen LogP contribution >= 0.6 is 0 Å². The highest BCUT2D eigenvalue weighted by molar-refractivity contribution is 7.92. The van der Waals surface area contributed by atoms with Crippen molar-refractivity contribution in [3.63, 3.8) is 0 Å². The molecule has 1 rings (SSSR count). The summed E-state index contributed by atoms with van der Waals surface area (Å²) >= 11 is 0. The number of rotatable bonds is 6. The van der Waals surface area contributed by atoms with Gasteiger partial charge in [0.05, 0.1) is 0 Å². The highest BCUT2D eigenvalue weighted by Crippen LogP contribution is 2.17. The molecule has 0 spiro atoms. The summed E-state index contributed by atoms with van der Waals surface area (Å²) in [4.78, 5) is 11.7. The van der Waals surface area contributed by atoms with Gasteiger partial charge in [0.2, 0.25) is 5.91 Å². The van der Waals surface area contributed by atoms with E-state index in [1.165, 1.54) is 12.5 Å². The smallest absolute Gasteiger partial charge is 0.238 e. The molecule has 1 aromatic carbocycles. The first-order valence-electron chi connectivity index (χ1n) is 6.95. The van der Waals surface area contributed by atoms with Crippen LogP contribution in [0.5, 0.6) is 0 Å². The van der Waals surface area contributed by atoms with Gasteiger partial charge in [-0.2, -0.15) is 0 Å². The van der Waals surface area contributed by atoms with Crippen LogP contribution < -0.4 is 11.1 Å². The standard InChI is InChI=1S/C15H24N2O3S/c1-10(2)12-5-7-13(8-6-12)14(16)9-17-15(18)11(3)21(4,19)20/h5-8,10-11,14H,9,16H2,1-4H3,(H,17,18). The molecule has 0 fully saturated rings. The number of nitrogens with two attached hydrogens (primary N) is 1. The van der Waals surface area contributed by atoms with Gasteiger partial charge in [0.15, 0.2) is 9.84 Å². The summed E-state index contributed by atoms with van der Waals surface area (Å²) in [5, 5.41) is 1.52. The molecule has 0 aromatic heterocycles. The van der Waals surface area contributed by atoms with Gasteiger partial charge in [0.25, 0.3) is 0 Å². The van der Waals surface area contributed by atoms with Crippen LogP contribution in [0.25, 0.3) is 0 Å². The minimum Gasteiger partial charge on any atom is -0.353 e. The van der Waals surface area contributed by atoms with Crippen LogP contribution in [0.3, 0.4) is 0 Å². The van der Waals surface area contributed by atoms with E-state index >= 15 is 0 Å². The van der Waals surface area contributed by atoms with Crippen molar-refractivity contribution in [1.82, 2.24) is 5.32 Å². The van der Waals surface area contributed by atoms with Crippen LogP contribution in [-0.2, 0) is 14.6 Å². The Kier molecular flexibility index (Phi) is 5.92. The van der Waals surface area contributed by atoms with Crippen LogP contribution in [0.15, 0.2) is 24.3 Å². The number of hydrogen-bond donors (Lipinski definition) is 2. The number of nitrogens with one attached hydrogen (secondary N) is 1. The van der Waals surface area contributed by atoms with E-state index in [0.717, 1.165) is 11.8 Å². The van der Waals surface area contributed by atoms with E-state index in [-0.39, 0.29) is 12.6 Å². The predicted molar refractivity (Wildman–Crippen MR) is 84.8 cm³/mol. The minimum absolute atomic E-state index is 0.208. The van der Waals surface area contributed by atoms with Gasteiger partial charge < -0.3 is 11.1 Å². The molecule has 5 nitrogen and oxygen atoms in total. The van der Waals surface area contributed by atoms with Gasteiger partial charge in [0, 0.05) is 18.8 Å². The van der Waals surface area contributed by atoms with E-state index in [9.17, 15) is 13.2 Å². The highest BCUT2D eigenvalue weighted by Gasteiger charge is 2.23. The zero-order valence-corrected chi connectivity index (χ0v) is 13.8. The molecule has 6 heteroatoms. The van der Waals surface area contributed by atoms with Crippen molar-refractivity contribution in [3.05, 3.63) is 35.4 Å². The normalized spacial score (nSPS) is 14.8. The first-order chi connectivity index (χ1) is 9.62. The fraction of sp³-hybridized carbons (Fsp3) is 0.533. The number of carbonyl (C=O) groups excluding carboxylic acids is 1. The molecule has 118 valence electrons. The van der Waals surface area contributed by atoms with Crippen molar-refractivity contribution in [2.75, 3.05) is 12.8 Å². The quantitative estimate of drug-likeness (QED) is 0.830. The zero-order valence-electron chi connectivity index (χ0n) is 13.0. The maximum atomic E-state index is 11.7. The second-order valence-corrected chi connectivity index (χ2v) is 8.01. The molecule has 3 N–H and O–H groups in total. The van der Waals surface area contributed by atoms with Gasteiger partial charge >= 0.3 is 0 Å². The molecule has 0 aliphatic carbocycles. The molecular formula is C15H24N2O3S. The Morgan fingerprint density at radius 1 is 1.14 bits per heavy atom. The van der Waals surface area contributed by atoms with Crippen molar-refractivity contribution in [1.29, 1.82) is 0 Å². The van der Waals surface area contributed by atoms with Gasteiger partial charge in [-0.25, -0.2) is 8.42 Å². The minimum atomic E-state index is -3.38. The first-order valence-corrected chi connectivity index (χ1v) is 8.90. The molecule has 0 saturated carbocycles. The third kappa shape index (κ3) is 5.13. The number of carbonyl (C=O) groups is 1. The van der Waals surface area contributed by atoms with E-state index in [0.29, 0.717) is 5.92 Å². The SMILES string of the molecule is CC(C)c1ccc(C(N)CNC(=O)C(C)S(C)(=O)=O)cc1. The first kappa shape index (κ1) is 17.7. The van der Waals surface area contributed by atoms with E-state index in [4.69, 9.17) is 5.73 Å². The number of benzene rings is 1. The molecule has 2 unspecified atom stereocenters. The number of hydrogen-bond acceptors (Lipinski definition) is 4. The van der Waals surface area contributed by atoms with E-state index in [1.54, 1.807) is 0 Å². The van der Waals surface area contributed by atoms with E-state index in [1.807, 2.05) is 24.3 Å². The van der Waals surface area contributed by atoms with E-state index < -0.39 is 21.0 Å². The summed E-state index contributed by atoms with van der Waals surface area (Å²) in [6.45, 7) is 5.80. The Morgan fingerprint density at radius 2 is 1.62 bits per heavy atom. The van der Waals surface area contributed by atoms with Gasteiger partial charge in [-0.05, 0) is 24.0 Å². The molecule has 1 aromatic rings. The lowest BCUT2D eigenvalue weighted by Gasteiger charge is -2.16. The summed E-state index contributed by atoms with van der Waals surface area (Å²) in [7, 11) is -3.38. The second kappa shape index (κ2) is 7.04. The number of sulfone groups is 1. The average Bonchev–Trinajstić information content (AvgIpc) is 2.42. The van der Waals surface area contributed by atoms with Gasteiger partial charge in [-0.3, -0.25) is 4.79 Å². The number of amides is 1. The summed E-state index contributed by atoms with van der Waals surface area (Å²) in [5.41, 5.74) is 8.15. The van der Waals surface area contributed by atoms with Crippen molar-refractivity contribution >= 4 is 15.7 Å². The van der Waals surface area contributed by atoms with Gasteiger partial charge in [-0.15, -0.1) is 0 Å². The van der Waals surface area contributed by atoms with Crippen LogP contribution in [0.4, 0.5) is 0 Å². The van der Waals surface area contributed by atoms with Crippen LogP contribution in [0, 0.1) is 0 Å². The molecule has 1 amide bonds. The topological polar surface area (TPSA) is 89.3 Å². The van der Waals surface area contributed by atoms with Crippen molar-refractivity contribution in [2.45, 2.75) is 38.0 Å². The highest BCUT2D eigenvalue weighted by atomic mass is 32.2. The molecule has 0 heterocycles. The van der Waals surface area contributed by atoms with Crippen molar-refractivity contribution < 1.29 is 13.2 Å². The summed E-state index contributed by atoms with van der Waals surface area (Å²) < 4.78 is 22.6. The van der Waals surface area contributed by atoms with Crippen LogP contribution in [0.1, 0.15) is 43.9 Å². The average molecular weight is 312 g/mol. The lowest BCUT2D eigenvalue weighted by Crippen LogP contribution is -2.40. The largest absolute Gasteiger partial charge is 0.353 e. The maximum absolute atomic E-state index is 11.7. The Balaban J connectivity index is 2.61. The van der Waals surface area contributed by atoms with Gasteiger partial charge in [-0.1, -0.05) is 38.1 Å². The summed E-state index contributed by atoms with van der Waals surface area (Å²) in [5.74, 6) is -0.0719. The zero-order chi connectivity index (χ0) is 16.2. The predicted octanol–water partition coefficient (Wildman–Crippen LogP) is 1.36. The summed E-state index contributed by atoms with van der Waals surface area (Å²) in [6.07, 6.45) is 1.04. The summed E-state index contributed by atoms with van der Waals surface area (Å²) in [6, 6.07) is 7.54. The Labute approximate surface area is 126 Å². The molecule has 0 saturated heterocycles. The third-order valence-electron chi connectivity index (χ3n) is 3.54. The third-order valence-corrected chi connectivity index (χ3v) is 5.04. The van der Waals surface area contributed by atoms with E-state index in [2.05, 4.69) is 19.2 Å². The Bertz CT molecular complexity index is 579. The lowest BCUT2D eigenvalue weighted by molar-refractivity contribution is -0.120. The molecule has 0 aliphatic rings. The van der Waals surface area contributed by atoms with Gasteiger partial charge in [0.1, 0.15) is 5.25 Å². The fourth-order valence-electron chi connectivity index (χ4n) is 1.79. The maximum Gasteiger partial charge on any atom is 0.238 e. The lowest BCUT2D eigenvalue weighted by atomic mass is 9.99. The Hall–Kier alpha value is -1.40. The fourth-order valence-corrected chi connectivity index (χ4v) is 2.27. The van der Waals surface area contributed by atoms with Crippen molar-refractivity contribution in [2.24, 2.45) is 5.73 Å². The molecular weight excluding hydrogens is 288 g/mol. The monoisotopic (exact) mass is 312 g/mol. The molecule has 0 aliphatic heterocycles. The second-order valence-electron chi connectivity index (χ2n) is 5.64. The molecule has 0 radical (unpaired) electrons. The Morgan fingerprint density at radius 3 is 2.05 bits per heavy atom. The van der Waals surface area contributed by atoms with Crippen LogP contribution in [-0.4, -0.2) is 32.4 Å². The molecule has 0 bridgehead atoms. The molecule has 2 atom stereocenters. The van der Waals surface area contributed by atoms with Crippen molar-refractivity contribution in [3.8, 4) is 0 Å².